The van der Waals surface area contributed by atoms with E-state index in [-0.39, 0.29) is 25.5 Å². The summed E-state index contributed by atoms with van der Waals surface area (Å²) in [7, 11) is 4.34. The molecule has 0 aromatic heterocycles. The van der Waals surface area contributed by atoms with Gasteiger partial charge in [-0.25, -0.2) is 4.79 Å². The summed E-state index contributed by atoms with van der Waals surface area (Å²) in [5, 5.41) is 2.79. The highest BCUT2D eigenvalue weighted by molar-refractivity contribution is 5.92. The average Bonchev–Trinajstić information content (AvgIpc) is 2.71. The molecule has 0 radical (unpaired) electrons. The van der Waals surface area contributed by atoms with Crippen LogP contribution in [0.4, 0.5) is 0 Å². The first-order valence-corrected chi connectivity index (χ1v) is 8.36. The number of benzene rings is 2. The van der Waals surface area contributed by atoms with Gasteiger partial charge >= 0.3 is 5.97 Å². The molecule has 0 spiro atoms. The van der Waals surface area contributed by atoms with E-state index in [1.54, 1.807) is 37.4 Å². The van der Waals surface area contributed by atoms with Crippen LogP contribution in [0, 0.1) is 0 Å². The quantitative estimate of drug-likeness (QED) is 0.680. The van der Waals surface area contributed by atoms with Crippen molar-refractivity contribution < 1.29 is 28.5 Å². The number of carbonyl (C=O) groups excluding carboxylic acids is 2. The number of amides is 1. The van der Waals surface area contributed by atoms with E-state index in [0.717, 1.165) is 5.56 Å². The standard InChI is InChI=1S/C20H23NO6/c1-24-16-9-8-14(12-15(16)20(23)26-3)13-21-19(22)10-11-27-18-7-5-4-6-17(18)25-2/h4-9,12H,10-11,13H2,1-3H3,(H,21,22). The van der Waals surface area contributed by atoms with Crippen molar-refractivity contribution in [2.45, 2.75) is 13.0 Å². The Kier molecular flexibility index (Phi) is 7.49. The minimum absolute atomic E-state index is 0.166. The van der Waals surface area contributed by atoms with Crippen molar-refractivity contribution in [1.82, 2.24) is 5.32 Å². The highest BCUT2D eigenvalue weighted by Gasteiger charge is 2.14. The van der Waals surface area contributed by atoms with Gasteiger partial charge in [-0.1, -0.05) is 18.2 Å². The molecule has 0 heterocycles. The highest BCUT2D eigenvalue weighted by Crippen LogP contribution is 2.25. The van der Waals surface area contributed by atoms with Crippen molar-refractivity contribution in [2.24, 2.45) is 0 Å². The van der Waals surface area contributed by atoms with Crippen molar-refractivity contribution in [2.75, 3.05) is 27.9 Å². The maximum atomic E-state index is 12.0. The number of hydrogen-bond donors (Lipinski definition) is 1. The Balaban J connectivity index is 1.85. The third kappa shape index (κ3) is 5.64. The molecular weight excluding hydrogens is 350 g/mol. The summed E-state index contributed by atoms with van der Waals surface area (Å²) in [5.41, 5.74) is 1.07. The smallest absolute Gasteiger partial charge is 0.341 e. The Morgan fingerprint density at radius 1 is 0.926 bits per heavy atom. The van der Waals surface area contributed by atoms with Gasteiger partial charge in [-0.15, -0.1) is 0 Å². The summed E-state index contributed by atoms with van der Waals surface area (Å²) in [5.74, 6) is 0.963. The first-order valence-electron chi connectivity index (χ1n) is 8.36. The van der Waals surface area contributed by atoms with Crippen LogP contribution in [0.5, 0.6) is 17.2 Å². The molecule has 0 atom stereocenters. The normalized spacial score (nSPS) is 10.0. The second kappa shape index (κ2) is 10.1. The third-order valence-corrected chi connectivity index (χ3v) is 3.81. The molecular formula is C20H23NO6. The van der Waals surface area contributed by atoms with Crippen molar-refractivity contribution in [3.8, 4) is 17.2 Å². The Labute approximate surface area is 158 Å². The van der Waals surface area contributed by atoms with Crippen LogP contribution in [-0.4, -0.2) is 39.8 Å². The summed E-state index contributed by atoms with van der Waals surface area (Å²) >= 11 is 0. The van der Waals surface area contributed by atoms with E-state index in [9.17, 15) is 9.59 Å². The zero-order valence-electron chi connectivity index (χ0n) is 15.6. The number of esters is 1. The van der Waals surface area contributed by atoms with Gasteiger partial charge in [-0.3, -0.25) is 4.79 Å². The average molecular weight is 373 g/mol. The van der Waals surface area contributed by atoms with Crippen LogP contribution in [0.25, 0.3) is 0 Å². The van der Waals surface area contributed by atoms with Crippen molar-refractivity contribution in [3.05, 3.63) is 53.6 Å². The van der Waals surface area contributed by atoms with E-state index >= 15 is 0 Å². The van der Waals surface area contributed by atoms with Crippen molar-refractivity contribution >= 4 is 11.9 Å². The SMILES string of the molecule is COC(=O)c1cc(CNC(=O)CCOc2ccccc2OC)ccc1OC. The number of hydrogen-bond acceptors (Lipinski definition) is 6. The molecule has 0 fully saturated rings. The van der Waals surface area contributed by atoms with Gasteiger partial charge in [0.2, 0.25) is 5.91 Å². The summed E-state index contributed by atoms with van der Waals surface area (Å²) in [4.78, 5) is 23.8. The number of carbonyl (C=O) groups is 2. The molecule has 7 nitrogen and oxygen atoms in total. The summed E-state index contributed by atoms with van der Waals surface area (Å²) in [6.45, 7) is 0.504. The highest BCUT2D eigenvalue weighted by atomic mass is 16.5. The molecule has 27 heavy (non-hydrogen) atoms. The van der Waals surface area contributed by atoms with Crippen LogP contribution in [0.3, 0.4) is 0 Å². The number of ether oxygens (including phenoxy) is 4. The van der Waals surface area contributed by atoms with Gasteiger partial charge in [0.05, 0.1) is 34.4 Å². The molecule has 0 unspecified atom stereocenters. The lowest BCUT2D eigenvalue weighted by Crippen LogP contribution is -2.24. The minimum Gasteiger partial charge on any atom is -0.496 e. The van der Waals surface area contributed by atoms with Gasteiger partial charge in [0, 0.05) is 6.54 Å². The largest absolute Gasteiger partial charge is 0.496 e. The van der Waals surface area contributed by atoms with Crippen LogP contribution >= 0.6 is 0 Å². The van der Waals surface area contributed by atoms with Gasteiger partial charge in [-0.2, -0.15) is 0 Å². The second-order valence-electron chi connectivity index (χ2n) is 5.55. The lowest BCUT2D eigenvalue weighted by molar-refractivity contribution is -0.121. The van der Waals surface area contributed by atoms with E-state index < -0.39 is 5.97 Å². The van der Waals surface area contributed by atoms with Crippen LogP contribution < -0.4 is 19.5 Å². The van der Waals surface area contributed by atoms with Crippen LogP contribution in [-0.2, 0) is 16.1 Å². The molecule has 0 aliphatic carbocycles. The van der Waals surface area contributed by atoms with E-state index in [4.69, 9.17) is 18.9 Å². The molecule has 0 bridgehead atoms. The molecule has 0 aliphatic rings. The second-order valence-corrected chi connectivity index (χ2v) is 5.55. The molecule has 0 saturated carbocycles. The topological polar surface area (TPSA) is 83.1 Å². The first-order chi connectivity index (χ1) is 13.1. The number of rotatable bonds is 9. The molecule has 1 amide bonds. The summed E-state index contributed by atoms with van der Waals surface area (Å²) in [6.07, 6.45) is 0.193. The van der Waals surface area contributed by atoms with Gasteiger partial charge in [-0.05, 0) is 29.8 Å². The Hall–Kier alpha value is -3.22. The van der Waals surface area contributed by atoms with E-state index in [1.807, 2.05) is 12.1 Å². The predicted octanol–water partition coefficient (Wildman–Crippen LogP) is 2.58. The fourth-order valence-electron chi connectivity index (χ4n) is 2.42. The van der Waals surface area contributed by atoms with E-state index in [2.05, 4.69) is 5.32 Å². The third-order valence-electron chi connectivity index (χ3n) is 3.81. The fourth-order valence-corrected chi connectivity index (χ4v) is 2.42. The molecule has 0 saturated heterocycles. The Morgan fingerprint density at radius 3 is 2.30 bits per heavy atom. The van der Waals surface area contributed by atoms with Gasteiger partial charge < -0.3 is 24.3 Å². The van der Waals surface area contributed by atoms with Gasteiger partial charge in [0.15, 0.2) is 11.5 Å². The van der Waals surface area contributed by atoms with Crippen LogP contribution in [0.15, 0.2) is 42.5 Å². The lowest BCUT2D eigenvalue weighted by Gasteiger charge is -2.11. The molecule has 0 aliphatic heterocycles. The minimum atomic E-state index is -0.495. The maximum absolute atomic E-state index is 12.0. The summed E-state index contributed by atoms with van der Waals surface area (Å²) in [6, 6.07) is 12.3. The lowest BCUT2D eigenvalue weighted by atomic mass is 10.1. The molecule has 2 aromatic carbocycles. The monoisotopic (exact) mass is 373 g/mol. The summed E-state index contributed by atoms with van der Waals surface area (Å²) < 4.78 is 20.7. The number of methoxy groups -OCH3 is 3. The zero-order chi connectivity index (χ0) is 19.6. The van der Waals surface area contributed by atoms with E-state index in [1.165, 1.54) is 14.2 Å². The van der Waals surface area contributed by atoms with E-state index in [0.29, 0.717) is 22.8 Å². The Morgan fingerprint density at radius 2 is 1.63 bits per heavy atom. The Bertz CT molecular complexity index is 790. The zero-order valence-corrected chi connectivity index (χ0v) is 15.6. The maximum Gasteiger partial charge on any atom is 0.341 e. The molecule has 1 N–H and O–H groups in total. The molecule has 144 valence electrons. The van der Waals surface area contributed by atoms with Crippen molar-refractivity contribution in [3.63, 3.8) is 0 Å². The van der Waals surface area contributed by atoms with Gasteiger partial charge in [0.1, 0.15) is 11.3 Å². The van der Waals surface area contributed by atoms with Gasteiger partial charge in [0.25, 0.3) is 0 Å². The number of nitrogens with one attached hydrogen (secondary N) is 1. The van der Waals surface area contributed by atoms with Crippen molar-refractivity contribution in [1.29, 1.82) is 0 Å². The van der Waals surface area contributed by atoms with Crippen LogP contribution in [0.1, 0.15) is 22.3 Å². The number of para-hydroxylation sites is 2. The first kappa shape index (κ1) is 20.1. The molecule has 2 aromatic rings. The fraction of sp³-hybridized carbons (Fsp3) is 0.300. The molecule has 2 rings (SSSR count). The molecule has 7 heteroatoms. The predicted molar refractivity (Wildman–Crippen MR) is 99.3 cm³/mol. The van der Waals surface area contributed by atoms with Crippen LogP contribution in [0.2, 0.25) is 0 Å².